The molecule has 27 heteroatoms. The Kier molecular flexibility index (Phi) is 32.0. The fourth-order valence-electron chi connectivity index (χ4n) is 6.46. The van der Waals surface area contributed by atoms with Gasteiger partial charge in [-0.1, -0.05) is 6.07 Å². The number of hydrogen-bond donors (Lipinski definition) is 7. The van der Waals surface area contributed by atoms with Crippen molar-refractivity contribution in [2.24, 2.45) is 16.5 Å². The molecular formula is C49H70N8O19. The Hall–Kier alpha value is -7.11. The second-order valence-electron chi connectivity index (χ2n) is 15.9. The number of ether oxygens (including phenoxy) is 9. The Bertz CT molecular complexity index is 2160. The average Bonchev–Trinajstić information content (AvgIpc) is 3.71. The van der Waals surface area contributed by atoms with E-state index in [0.29, 0.717) is 124 Å². The number of guanidine groups is 1. The summed E-state index contributed by atoms with van der Waals surface area (Å²) in [4.78, 5) is 103. The molecule has 9 N–H and O–H groups in total. The number of imide groups is 1. The number of carbonyl (C=O) groups is 8. The lowest BCUT2D eigenvalue weighted by Crippen LogP contribution is -2.50. The van der Waals surface area contributed by atoms with Gasteiger partial charge in [-0.3, -0.25) is 43.4 Å². The number of nitrogens with two attached hydrogens (primary N) is 2. The van der Waals surface area contributed by atoms with Crippen LogP contribution in [0.15, 0.2) is 65.7 Å². The summed E-state index contributed by atoms with van der Waals surface area (Å²) in [7, 11) is 0. The number of hydrogen-bond acceptors (Lipinski definition) is 18. The number of carbonyl (C=O) groups excluding carboxylic acids is 6. The number of amides is 6. The van der Waals surface area contributed by atoms with Gasteiger partial charge in [-0.05, 0) is 48.9 Å². The lowest BCUT2D eigenvalue weighted by atomic mass is 10.1. The molecule has 0 aromatic heterocycles. The third-order valence-corrected chi connectivity index (χ3v) is 10.1. The molecule has 3 rings (SSSR count). The van der Waals surface area contributed by atoms with Crippen LogP contribution >= 0.6 is 0 Å². The van der Waals surface area contributed by atoms with Crippen molar-refractivity contribution in [3.63, 3.8) is 0 Å². The first-order valence-corrected chi connectivity index (χ1v) is 24.4. The fourth-order valence-corrected chi connectivity index (χ4v) is 6.46. The summed E-state index contributed by atoms with van der Waals surface area (Å²) in [6, 6.07) is 9.83. The van der Waals surface area contributed by atoms with Gasteiger partial charge in [0.05, 0.1) is 131 Å². The highest BCUT2D eigenvalue weighted by atomic mass is 16.6. The monoisotopic (exact) mass is 1070 g/mol. The summed E-state index contributed by atoms with van der Waals surface area (Å²) < 4.78 is 49.4. The Morgan fingerprint density at radius 1 is 0.605 bits per heavy atom. The molecule has 1 aliphatic heterocycles. The molecule has 1 heterocycles. The van der Waals surface area contributed by atoms with Crippen molar-refractivity contribution < 1.29 is 91.2 Å². The maximum atomic E-state index is 13.4. The zero-order valence-electron chi connectivity index (χ0n) is 42.4. The second kappa shape index (κ2) is 38.4. The SMILES string of the molecule is NC(N)=Nc1cccc(C(=O)NCC(=O)N(c2ccc(OCCCNC(=O)CCOCCOCCOCCOCCOCCOCCOCCOCCNC(=O)CCN3C(=O)C=CC3=O)cc2)[C@@H](CC(=O)O)C(=O)O)c1. The smallest absolute Gasteiger partial charge is 0.327 e. The molecule has 6 amide bonds. The molecule has 0 spiro atoms. The number of carboxylic acid groups (broad SMARTS) is 2. The van der Waals surface area contributed by atoms with Crippen molar-refractivity contribution in [2.45, 2.75) is 31.7 Å². The Labute approximate surface area is 439 Å². The molecule has 0 radical (unpaired) electrons. The van der Waals surface area contributed by atoms with Gasteiger partial charge in [-0.25, -0.2) is 9.79 Å². The minimum atomic E-state index is -1.80. The van der Waals surface area contributed by atoms with E-state index in [9.17, 15) is 48.6 Å². The van der Waals surface area contributed by atoms with E-state index in [-0.39, 0.29) is 67.3 Å². The summed E-state index contributed by atoms with van der Waals surface area (Å²) in [5.74, 6) is -5.78. The molecule has 0 unspecified atom stereocenters. The number of nitrogens with zero attached hydrogens (tertiary/aromatic N) is 3. The highest BCUT2D eigenvalue weighted by Crippen LogP contribution is 2.24. The number of aliphatic carboxylic acids is 2. The molecule has 2 aromatic rings. The Morgan fingerprint density at radius 3 is 1.62 bits per heavy atom. The molecule has 0 saturated heterocycles. The summed E-state index contributed by atoms with van der Waals surface area (Å²) in [5.41, 5.74) is 11.2. The number of aliphatic imine (C=N–C) groups is 1. The fraction of sp³-hybridized carbons (Fsp3) is 0.531. The quantitative estimate of drug-likeness (QED) is 0.0183. The van der Waals surface area contributed by atoms with Crippen molar-refractivity contribution in [3.8, 4) is 5.75 Å². The number of rotatable bonds is 44. The van der Waals surface area contributed by atoms with E-state index >= 15 is 0 Å². The van der Waals surface area contributed by atoms with Gasteiger partial charge in [0.15, 0.2) is 5.96 Å². The van der Waals surface area contributed by atoms with Gasteiger partial charge in [0, 0.05) is 55.9 Å². The number of anilines is 1. The average molecular weight is 1080 g/mol. The van der Waals surface area contributed by atoms with Crippen molar-refractivity contribution in [3.05, 3.63) is 66.2 Å². The van der Waals surface area contributed by atoms with Crippen molar-refractivity contribution >= 4 is 64.7 Å². The van der Waals surface area contributed by atoms with Gasteiger partial charge < -0.3 is 80.3 Å². The number of carboxylic acids is 2. The molecule has 0 saturated carbocycles. The number of benzene rings is 2. The Balaban J connectivity index is 1.09. The molecule has 0 fully saturated rings. The van der Waals surface area contributed by atoms with Gasteiger partial charge in [0.25, 0.3) is 17.7 Å². The van der Waals surface area contributed by atoms with Crippen LogP contribution in [0.5, 0.6) is 5.75 Å². The van der Waals surface area contributed by atoms with Crippen LogP contribution in [0.4, 0.5) is 11.4 Å². The predicted octanol–water partition coefficient (Wildman–Crippen LogP) is -0.878. The van der Waals surface area contributed by atoms with E-state index in [0.717, 1.165) is 9.80 Å². The molecule has 2 aromatic carbocycles. The van der Waals surface area contributed by atoms with E-state index in [1.54, 1.807) is 6.07 Å². The van der Waals surface area contributed by atoms with Crippen LogP contribution in [0, 0.1) is 0 Å². The van der Waals surface area contributed by atoms with Gasteiger partial charge in [0.2, 0.25) is 17.7 Å². The van der Waals surface area contributed by atoms with Gasteiger partial charge >= 0.3 is 11.9 Å². The Morgan fingerprint density at radius 2 is 1.11 bits per heavy atom. The van der Waals surface area contributed by atoms with Gasteiger partial charge in [-0.15, -0.1) is 0 Å². The zero-order valence-corrected chi connectivity index (χ0v) is 42.4. The third kappa shape index (κ3) is 28.0. The summed E-state index contributed by atoms with van der Waals surface area (Å²) >= 11 is 0. The highest BCUT2D eigenvalue weighted by molar-refractivity contribution is 6.13. The zero-order chi connectivity index (χ0) is 55.2. The van der Waals surface area contributed by atoms with Crippen molar-refractivity contribution in [1.82, 2.24) is 20.9 Å². The first kappa shape index (κ1) is 63.2. The lowest BCUT2D eigenvalue weighted by molar-refractivity contribution is -0.145. The number of nitrogens with one attached hydrogen (secondary N) is 3. The van der Waals surface area contributed by atoms with E-state index < -0.39 is 54.6 Å². The minimum absolute atomic E-state index is 0.0282. The molecule has 420 valence electrons. The minimum Gasteiger partial charge on any atom is -0.494 e. The molecule has 76 heavy (non-hydrogen) atoms. The van der Waals surface area contributed by atoms with Crippen LogP contribution in [0.25, 0.3) is 0 Å². The first-order valence-electron chi connectivity index (χ1n) is 24.4. The summed E-state index contributed by atoms with van der Waals surface area (Å²) in [6.07, 6.45) is 2.07. The maximum Gasteiger partial charge on any atom is 0.327 e. The largest absolute Gasteiger partial charge is 0.494 e. The molecular weight excluding hydrogens is 1000 g/mol. The van der Waals surface area contributed by atoms with Crippen molar-refractivity contribution in [1.29, 1.82) is 0 Å². The van der Waals surface area contributed by atoms with Crippen LogP contribution in [0.2, 0.25) is 0 Å². The molecule has 0 aliphatic carbocycles. The van der Waals surface area contributed by atoms with Crippen molar-refractivity contribution in [2.75, 3.05) is 143 Å². The standard InChI is InChI=1S/C49H70N8O19/c50-49(51)55-37-4-1-3-36(33-37)47(65)54-35-45(62)57(40(48(66)67)34-46(63)64)38-5-7-39(8-6-38)76-16-2-13-52-42(59)12-17-68-19-21-70-23-25-72-27-29-74-31-32-75-30-28-73-26-24-71-22-20-69-18-14-53-41(58)11-15-56-43(60)9-10-44(56)61/h1,3-10,33,40H,2,11-32,34-35H2,(H,52,59)(H,53,58)(H,54,65)(H,63,64)(H,66,67)(H4,50,51,55)/t40-/m0/s1. The summed E-state index contributed by atoms with van der Waals surface area (Å²) in [6.45, 7) is 6.06. The van der Waals surface area contributed by atoms with E-state index in [4.69, 9.17) is 54.1 Å². The second-order valence-corrected chi connectivity index (χ2v) is 15.9. The van der Waals surface area contributed by atoms with Crippen LogP contribution in [0.3, 0.4) is 0 Å². The van der Waals surface area contributed by atoms with Crippen LogP contribution < -0.4 is 37.1 Å². The van der Waals surface area contributed by atoms with Crippen LogP contribution in [-0.4, -0.2) is 213 Å². The van der Waals surface area contributed by atoms with Gasteiger partial charge in [-0.2, -0.15) is 0 Å². The van der Waals surface area contributed by atoms with E-state index in [1.165, 1.54) is 54.6 Å². The normalized spacial score (nSPS) is 12.3. The van der Waals surface area contributed by atoms with Crippen LogP contribution in [-0.2, 0) is 71.5 Å². The first-order chi connectivity index (χ1) is 36.7. The molecule has 27 nitrogen and oxygen atoms in total. The highest BCUT2D eigenvalue weighted by Gasteiger charge is 2.33. The lowest BCUT2D eigenvalue weighted by Gasteiger charge is -2.28. The predicted molar refractivity (Wildman–Crippen MR) is 270 cm³/mol. The van der Waals surface area contributed by atoms with Crippen LogP contribution in [0.1, 0.15) is 36.0 Å². The topological polar surface area (TPSA) is 367 Å². The van der Waals surface area contributed by atoms with E-state index in [2.05, 4.69) is 20.9 Å². The molecule has 1 aliphatic rings. The molecule has 0 bridgehead atoms. The maximum absolute atomic E-state index is 13.4. The van der Waals surface area contributed by atoms with Gasteiger partial charge in [0.1, 0.15) is 11.8 Å². The third-order valence-electron chi connectivity index (χ3n) is 10.1. The molecule has 1 atom stereocenters. The van der Waals surface area contributed by atoms with E-state index in [1.807, 2.05) is 0 Å². The summed E-state index contributed by atoms with van der Waals surface area (Å²) in [5, 5.41) is 27.1.